The third-order valence-electron chi connectivity index (χ3n) is 3.04. The van der Waals surface area contributed by atoms with Crippen LogP contribution in [0.2, 0.25) is 5.02 Å². The summed E-state index contributed by atoms with van der Waals surface area (Å²) in [5, 5.41) is 3.16. The minimum atomic E-state index is 0.774. The van der Waals surface area contributed by atoms with Crippen LogP contribution in [0.1, 0.15) is 0 Å². The molecule has 0 atom stereocenters. The highest BCUT2D eigenvalue weighted by Gasteiger charge is 2.06. The summed E-state index contributed by atoms with van der Waals surface area (Å²) in [6.45, 7) is 0. The van der Waals surface area contributed by atoms with Crippen molar-refractivity contribution in [1.82, 2.24) is 0 Å². The Morgan fingerprint density at radius 3 is 2.32 bits per heavy atom. The highest BCUT2D eigenvalue weighted by Crippen LogP contribution is 2.31. The van der Waals surface area contributed by atoms with E-state index in [9.17, 15) is 0 Å². The summed E-state index contributed by atoms with van der Waals surface area (Å²) in [6.07, 6.45) is 0. The summed E-state index contributed by atoms with van der Waals surface area (Å²) in [6, 6.07) is 18.8. The Labute approximate surface area is 139 Å². The zero-order valence-corrected chi connectivity index (χ0v) is 14.3. The third kappa shape index (κ3) is 2.81. The highest BCUT2D eigenvalue weighted by atomic mass is 127. The fourth-order valence-electron chi connectivity index (χ4n) is 2.09. The van der Waals surface area contributed by atoms with E-state index < -0.39 is 0 Å². The second-order valence-corrected chi connectivity index (χ2v) is 6.84. The molecule has 3 aromatic rings. The van der Waals surface area contributed by atoms with E-state index in [1.54, 1.807) is 0 Å². The lowest BCUT2D eigenvalue weighted by atomic mass is 10.0. The molecule has 0 aromatic heterocycles. The van der Waals surface area contributed by atoms with Crippen LogP contribution in [0.25, 0.3) is 21.9 Å². The first-order valence-electron chi connectivity index (χ1n) is 5.78. The van der Waals surface area contributed by atoms with Crippen molar-refractivity contribution < 1.29 is 0 Å². The first-order chi connectivity index (χ1) is 9.13. The van der Waals surface area contributed by atoms with Gasteiger partial charge in [-0.3, -0.25) is 0 Å². The Morgan fingerprint density at radius 2 is 1.58 bits per heavy atom. The van der Waals surface area contributed by atoms with Crippen molar-refractivity contribution in [3.05, 3.63) is 67.7 Å². The van der Waals surface area contributed by atoms with Crippen LogP contribution in [-0.2, 0) is 0 Å². The van der Waals surface area contributed by atoms with Crippen LogP contribution in [0.4, 0.5) is 0 Å². The van der Waals surface area contributed by atoms with Gasteiger partial charge in [0.1, 0.15) is 0 Å². The molecule has 94 valence electrons. The third-order valence-corrected chi connectivity index (χ3v) is 4.70. The van der Waals surface area contributed by atoms with E-state index in [1.165, 1.54) is 25.5 Å². The Hall–Kier alpha value is -0.580. The molecule has 0 saturated carbocycles. The van der Waals surface area contributed by atoms with Gasteiger partial charge in [-0.15, -0.1) is 0 Å². The van der Waals surface area contributed by atoms with Crippen molar-refractivity contribution in [2.75, 3.05) is 0 Å². The summed E-state index contributed by atoms with van der Waals surface area (Å²) < 4.78 is 2.34. The maximum Gasteiger partial charge on any atom is 0.0412 e. The second-order valence-electron chi connectivity index (χ2n) is 4.33. The average molecular weight is 444 g/mol. The zero-order chi connectivity index (χ0) is 13.4. The van der Waals surface area contributed by atoms with E-state index in [0.29, 0.717) is 0 Å². The number of fused-ring (bicyclic) bond motifs is 1. The summed E-state index contributed by atoms with van der Waals surface area (Å²) in [5.74, 6) is 0. The van der Waals surface area contributed by atoms with E-state index in [2.05, 4.69) is 81.0 Å². The van der Waals surface area contributed by atoms with E-state index >= 15 is 0 Å². The topological polar surface area (TPSA) is 0 Å². The Kier molecular flexibility index (Phi) is 3.83. The van der Waals surface area contributed by atoms with Crippen LogP contribution >= 0.6 is 50.1 Å². The number of hydrogen-bond acceptors (Lipinski definition) is 0. The minimum absolute atomic E-state index is 0.774. The van der Waals surface area contributed by atoms with Crippen molar-refractivity contribution in [3.8, 4) is 11.1 Å². The summed E-state index contributed by atoms with van der Waals surface area (Å²) >= 11 is 11.9. The summed E-state index contributed by atoms with van der Waals surface area (Å²) in [4.78, 5) is 0. The second kappa shape index (κ2) is 5.43. The number of hydrogen-bond donors (Lipinski definition) is 0. The van der Waals surface area contributed by atoms with Gasteiger partial charge in [0.25, 0.3) is 0 Å². The SMILES string of the molecule is Clc1ccc2cc(I)c(-c3ccc(Br)cc3)cc2c1. The van der Waals surface area contributed by atoms with Crippen LogP contribution in [0.15, 0.2) is 59.1 Å². The molecule has 0 bridgehead atoms. The predicted molar refractivity (Wildman–Crippen MR) is 94.8 cm³/mol. The molecule has 3 rings (SSSR count). The molecule has 0 unspecified atom stereocenters. The normalized spacial score (nSPS) is 10.9. The molecule has 0 aliphatic rings. The van der Waals surface area contributed by atoms with Gasteiger partial charge in [-0.1, -0.05) is 45.7 Å². The average Bonchev–Trinajstić information content (AvgIpc) is 2.40. The van der Waals surface area contributed by atoms with Crippen LogP contribution in [0.3, 0.4) is 0 Å². The largest absolute Gasteiger partial charge is 0.0843 e. The molecule has 0 aliphatic heterocycles. The van der Waals surface area contributed by atoms with Crippen LogP contribution in [-0.4, -0.2) is 0 Å². The number of benzene rings is 3. The molecule has 3 aromatic carbocycles. The Bertz CT molecular complexity index is 751. The van der Waals surface area contributed by atoms with Gasteiger partial charge in [0, 0.05) is 13.1 Å². The van der Waals surface area contributed by atoms with Gasteiger partial charge in [0.2, 0.25) is 0 Å². The van der Waals surface area contributed by atoms with Crippen molar-refractivity contribution in [2.45, 2.75) is 0 Å². The Morgan fingerprint density at radius 1 is 0.842 bits per heavy atom. The first kappa shape index (κ1) is 13.4. The molecule has 0 saturated heterocycles. The molecule has 0 aliphatic carbocycles. The van der Waals surface area contributed by atoms with Crippen molar-refractivity contribution >= 4 is 60.9 Å². The standard InChI is InChI=1S/C16H9BrClI/c17-13-4-1-10(2-5-13)15-8-12-7-14(18)6-3-11(12)9-16(15)19/h1-9H. The first-order valence-corrected chi connectivity index (χ1v) is 8.03. The molecular weight excluding hydrogens is 434 g/mol. The summed E-state index contributed by atoms with van der Waals surface area (Å²) in [5.41, 5.74) is 2.46. The lowest BCUT2D eigenvalue weighted by Crippen LogP contribution is -1.84. The van der Waals surface area contributed by atoms with Crippen molar-refractivity contribution in [3.63, 3.8) is 0 Å². The quantitative estimate of drug-likeness (QED) is 0.375. The van der Waals surface area contributed by atoms with Gasteiger partial charge in [-0.25, -0.2) is 0 Å². The fourth-order valence-corrected chi connectivity index (χ4v) is 3.34. The van der Waals surface area contributed by atoms with Crippen molar-refractivity contribution in [1.29, 1.82) is 0 Å². The molecule has 0 nitrogen and oxygen atoms in total. The van der Waals surface area contributed by atoms with Gasteiger partial charge in [0.15, 0.2) is 0 Å². The molecule has 19 heavy (non-hydrogen) atoms. The predicted octanol–water partition coefficient (Wildman–Crippen LogP) is 6.53. The molecule has 0 radical (unpaired) electrons. The maximum absolute atomic E-state index is 6.07. The molecule has 0 spiro atoms. The van der Waals surface area contributed by atoms with E-state index in [4.69, 9.17) is 11.6 Å². The van der Waals surface area contributed by atoms with E-state index in [0.717, 1.165) is 9.50 Å². The lowest BCUT2D eigenvalue weighted by molar-refractivity contribution is 1.59. The number of halogens is 3. The molecule has 0 fully saturated rings. The maximum atomic E-state index is 6.07. The van der Waals surface area contributed by atoms with Gasteiger partial charge in [-0.05, 0) is 80.9 Å². The monoisotopic (exact) mass is 442 g/mol. The van der Waals surface area contributed by atoms with Crippen LogP contribution in [0.5, 0.6) is 0 Å². The smallest absolute Gasteiger partial charge is 0.0412 e. The van der Waals surface area contributed by atoms with Gasteiger partial charge in [-0.2, -0.15) is 0 Å². The van der Waals surface area contributed by atoms with Gasteiger partial charge >= 0.3 is 0 Å². The van der Waals surface area contributed by atoms with Crippen LogP contribution in [0, 0.1) is 3.57 Å². The van der Waals surface area contributed by atoms with E-state index in [-0.39, 0.29) is 0 Å². The highest BCUT2D eigenvalue weighted by molar-refractivity contribution is 14.1. The molecular formula is C16H9BrClI. The minimum Gasteiger partial charge on any atom is -0.0843 e. The fraction of sp³-hybridized carbons (Fsp3) is 0. The number of rotatable bonds is 1. The molecule has 0 N–H and O–H groups in total. The lowest BCUT2D eigenvalue weighted by Gasteiger charge is -2.08. The summed E-state index contributed by atoms with van der Waals surface area (Å²) in [7, 11) is 0. The van der Waals surface area contributed by atoms with Gasteiger partial charge < -0.3 is 0 Å². The zero-order valence-electron chi connectivity index (χ0n) is 9.83. The van der Waals surface area contributed by atoms with Crippen molar-refractivity contribution in [2.24, 2.45) is 0 Å². The molecule has 0 heterocycles. The Balaban J connectivity index is 2.23. The van der Waals surface area contributed by atoms with E-state index in [1.807, 2.05) is 12.1 Å². The van der Waals surface area contributed by atoms with Crippen LogP contribution < -0.4 is 0 Å². The van der Waals surface area contributed by atoms with Gasteiger partial charge in [0.05, 0.1) is 0 Å². The molecule has 0 amide bonds. The molecule has 3 heteroatoms.